The molecule has 206 valence electrons. The zero-order valence-corrected chi connectivity index (χ0v) is 22.2. The van der Waals surface area contributed by atoms with E-state index in [0.29, 0.717) is 54.6 Å². The largest absolute Gasteiger partial charge is 0.493 e. The molecule has 3 heterocycles. The molecule has 10 nitrogen and oxygen atoms in total. The average molecular weight is 536 g/mol. The number of rotatable bonds is 8. The van der Waals surface area contributed by atoms with Gasteiger partial charge in [-0.3, -0.25) is 24.5 Å². The van der Waals surface area contributed by atoms with Crippen LogP contribution in [0.1, 0.15) is 65.3 Å². The first-order valence-corrected chi connectivity index (χ1v) is 13.4. The summed E-state index contributed by atoms with van der Waals surface area (Å²) < 4.78 is 17.1. The first kappa shape index (κ1) is 26.5. The highest BCUT2D eigenvalue weighted by Gasteiger charge is 2.39. The molecule has 1 N–H and O–H groups in total. The van der Waals surface area contributed by atoms with Gasteiger partial charge in [-0.2, -0.15) is 0 Å². The van der Waals surface area contributed by atoms with Gasteiger partial charge in [-0.05, 0) is 74.6 Å². The van der Waals surface area contributed by atoms with Crippen LogP contribution < -0.4 is 19.5 Å². The fraction of sp³-hybridized carbons (Fsp3) is 0.448. The second kappa shape index (κ2) is 11.3. The third-order valence-corrected chi connectivity index (χ3v) is 7.54. The van der Waals surface area contributed by atoms with Gasteiger partial charge in [-0.15, -0.1) is 0 Å². The van der Waals surface area contributed by atoms with Crippen molar-refractivity contribution in [1.29, 1.82) is 0 Å². The van der Waals surface area contributed by atoms with Gasteiger partial charge in [0.25, 0.3) is 11.8 Å². The Labute approximate surface area is 227 Å². The molecule has 4 amide bonds. The smallest absolute Gasteiger partial charge is 0.255 e. The minimum absolute atomic E-state index is 0.0775. The van der Waals surface area contributed by atoms with Crippen molar-refractivity contribution < 1.29 is 33.4 Å². The van der Waals surface area contributed by atoms with Gasteiger partial charge < -0.3 is 24.0 Å². The molecule has 0 saturated carbocycles. The molecule has 1 unspecified atom stereocenters. The van der Waals surface area contributed by atoms with Crippen LogP contribution in [-0.2, 0) is 16.1 Å². The minimum atomic E-state index is -0.657. The van der Waals surface area contributed by atoms with E-state index in [2.05, 4.69) is 5.32 Å². The van der Waals surface area contributed by atoms with Gasteiger partial charge in [0, 0.05) is 30.6 Å². The van der Waals surface area contributed by atoms with Crippen LogP contribution in [0.3, 0.4) is 0 Å². The van der Waals surface area contributed by atoms with Crippen molar-refractivity contribution in [2.75, 3.05) is 26.9 Å². The van der Waals surface area contributed by atoms with Crippen LogP contribution in [-0.4, -0.2) is 72.4 Å². The zero-order chi connectivity index (χ0) is 27.5. The van der Waals surface area contributed by atoms with E-state index in [9.17, 15) is 19.2 Å². The van der Waals surface area contributed by atoms with Crippen molar-refractivity contribution in [3.05, 3.63) is 53.1 Å². The lowest BCUT2D eigenvalue weighted by Crippen LogP contribution is -2.52. The third-order valence-electron chi connectivity index (χ3n) is 7.54. The zero-order valence-electron chi connectivity index (χ0n) is 22.2. The van der Waals surface area contributed by atoms with Gasteiger partial charge in [0.15, 0.2) is 11.5 Å². The molecule has 5 rings (SSSR count). The van der Waals surface area contributed by atoms with Crippen molar-refractivity contribution in [3.8, 4) is 17.2 Å². The molecule has 2 fully saturated rings. The normalized spacial score (nSPS) is 20.9. The van der Waals surface area contributed by atoms with Crippen LogP contribution in [0.5, 0.6) is 17.2 Å². The topological polar surface area (TPSA) is 114 Å². The van der Waals surface area contributed by atoms with Crippen LogP contribution in [0.25, 0.3) is 0 Å². The lowest BCUT2D eigenvalue weighted by molar-refractivity contribution is -0.136. The van der Waals surface area contributed by atoms with Gasteiger partial charge in [0.05, 0.1) is 19.8 Å². The summed E-state index contributed by atoms with van der Waals surface area (Å²) in [4.78, 5) is 53.6. The Morgan fingerprint density at radius 2 is 1.87 bits per heavy atom. The van der Waals surface area contributed by atoms with E-state index >= 15 is 0 Å². The van der Waals surface area contributed by atoms with E-state index < -0.39 is 11.9 Å². The molecule has 2 saturated heterocycles. The second-order valence-electron chi connectivity index (χ2n) is 9.98. The molecule has 39 heavy (non-hydrogen) atoms. The SMILES string of the molecule is CCOc1cc(C(=O)N2CCCC[C@@H]2COc2ccc3c(c2)CN(C2CCC(=O)NC2=O)C3=O)ccc1OC. The Bertz CT molecular complexity index is 1290. The first-order valence-electron chi connectivity index (χ1n) is 13.4. The summed E-state index contributed by atoms with van der Waals surface area (Å²) in [6, 6.07) is 9.76. The maximum atomic E-state index is 13.5. The Balaban J connectivity index is 1.26. The maximum Gasteiger partial charge on any atom is 0.255 e. The van der Waals surface area contributed by atoms with Crippen LogP contribution in [0, 0.1) is 0 Å². The number of nitrogens with one attached hydrogen (secondary N) is 1. The molecule has 10 heteroatoms. The molecule has 3 aliphatic heterocycles. The molecule has 0 aromatic heterocycles. The van der Waals surface area contributed by atoms with Crippen molar-refractivity contribution in [2.45, 2.75) is 57.7 Å². The molecule has 2 aromatic rings. The number of fused-ring (bicyclic) bond motifs is 1. The number of likely N-dealkylation sites (tertiary alicyclic amines) is 1. The van der Waals surface area contributed by atoms with Gasteiger partial charge >= 0.3 is 0 Å². The molecule has 2 atom stereocenters. The monoisotopic (exact) mass is 535 g/mol. The van der Waals surface area contributed by atoms with Crippen molar-refractivity contribution >= 4 is 23.6 Å². The number of benzene rings is 2. The number of ether oxygens (including phenoxy) is 3. The Kier molecular flexibility index (Phi) is 7.72. The molecule has 0 bridgehead atoms. The summed E-state index contributed by atoms with van der Waals surface area (Å²) in [6.45, 7) is 3.59. The van der Waals surface area contributed by atoms with Crippen LogP contribution in [0.2, 0.25) is 0 Å². The van der Waals surface area contributed by atoms with Gasteiger partial charge in [-0.25, -0.2) is 0 Å². The fourth-order valence-electron chi connectivity index (χ4n) is 5.52. The van der Waals surface area contributed by atoms with Crippen LogP contribution in [0.15, 0.2) is 36.4 Å². The van der Waals surface area contributed by atoms with Crippen molar-refractivity contribution in [2.24, 2.45) is 0 Å². The van der Waals surface area contributed by atoms with E-state index in [1.165, 1.54) is 4.90 Å². The second-order valence-corrected chi connectivity index (χ2v) is 9.98. The number of methoxy groups -OCH3 is 1. The highest BCUT2D eigenvalue weighted by molar-refractivity contribution is 6.05. The average Bonchev–Trinajstić information content (AvgIpc) is 3.27. The molecule has 2 aromatic carbocycles. The van der Waals surface area contributed by atoms with E-state index in [4.69, 9.17) is 14.2 Å². The Hall–Kier alpha value is -4.08. The quantitative estimate of drug-likeness (QED) is 0.517. The predicted molar refractivity (Wildman–Crippen MR) is 141 cm³/mol. The van der Waals surface area contributed by atoms with Crippen LogP contribution in [0.4, 0.5) is 0 Å². The Morgan fingerprint density at radius 1 is 1.03 bits per heavy atom. The summed E-state index contributed by atoms with van der Waals surface area (Å²) in [5.74, 6) is 0.678. The fourth-order valence-corrected chi connectivity index (χ4v) is 5.52. The summed E-state index contributed by atoms with van der Waals surface area (Å²) in [5, 5.41) is 2.32. The van der Waals surface area contributed by atoms with E-state index in [1.54, 1.807) is 37.4 Å². The van der Waals surface area contributed by atoms with Crippen molar-refractivity contribution in [3.63, 3.8) is 0 Å². The molecule has 0 aliphatic carbocycles. The minimum Gasteiger partial charge on any atom is -0.493 e. The number of carbonyl (C=O) groups excluding carboxylic acids is 4. The highest BCUT2D eigenvalue weighted by atomic mass is 16.5. The summed E-state index contributed by atoms with van der Waals surface area (Å²) in [6.07, 6.45) is 3.29. The number of hydrogen-bond acceptors (Lipinski definition) is 7. The van der Waals surface area contributed by atoms with E-state index in [0.717, 1.165) is 24.8 Å². The van der Waals surface area contributed by atoms with Crippen LogP contribution >= 0.6 is 0 Å². The molecule has 3 aliphatic rings. The molecular formula is C29H33N3O7. The van der Waals surface area contributed by atoms with Gasteiger partial charge in [-0.1, -0.05) is 0 Å². The number of carbonyl (C=O) groups is 4. The number of piperidine rings is 2. The van der Waals surface area contributed by atoms with Gasteiger partial charge in [0.1, 0.15) is 18.4 Å². The van der Waals surface area contributed by atoms with E-state index in [-0.39, 0.29) is 36.7 Å². The van der Waals surface area contributed by atoms with Gasteiger partial charge in [0.2, 0.25) is 11.8 Å². The third kappa shape index (κ3) is 5.41. The lowest BCUT2D eigenvalue weighted by atomic mass is 10.0. The highest BCUT2D eigenvalue weighted by Crippen LogP contribution is 2.32. The first-order chi connectivity index (χ1) is 18.9. The molecule has 0 spiro atoms. The maximum absolute atomic E-state index is 13.5. The Morgan fingerprint density at radius 3 is 2.64 bits per heavy atom. The number of amides is 4. The summed E-state index contributed by atoms with van der Waals surface area (Å²) >= 11 is 0. The standard InChI is InChI=1S/C29H33N3O7/c1-3-38-25-15-18(7-11-24(25)37-2)28(35)31-13-5-4-6-20(31)17-39-21-8-9-22-19(14-21)16-32(29(22)36)23-10-12-26(33)30-27(23)34/h7-9,11,14-15,20,23H,3-6,10,12-13,16-17H2,1-2H3,(H,30,33,34)/t20-,23?/m1/s1. The number of nitrogens with zero attached hydrogens (tertiary/aromatic N) is 2. The molecular weight excluding hydrogens is 502 g/mol. The number of imide groups is 1. The predicted octanol–water partition coefficient (Wildman–Crippen LogP) is 2.93. The summed E-state index contributed by atoms with van der Waals surface area (Å²) in [7, 11) is 1.57. The molecule has 0 radical (unpaired) electrons. The lowest BCUT2D eigenvalue weighted by Gasteiger charge is -2.35. The number of hydrogen-bond donors (Lipinski definition) is 1. The van der Waals surface area contributed by atoms with Crippen molar-refractivity contribution in [1.82, 2.24) is 15.1 Å². The van der Waals surface area contributed by atoms with E-state index in [1.807, 2.05) is 17.9 Å². The summed E-state index contributed by atoms with van der Waals surface area (Å²) in [5.41, 5.74) is 1.85.